The number of amides is 2. The van der Waals surface area contributed by atoms with E-state index in [1.165, 1.54) is 0 Å². The molecule has 1 atom stereocenters. The van der Waals surface area contributed by atoms with Crippen molar-refractivity contribution in [3.05, 3.63) is 60.2 Å². The SMILES string of the molecule is CCC(NC(=O)CNC(=O)COc1ccccc1)c1ccccc1OC. The number of nitrogens with one attached hydrogen (secondary N) is 2. The van der Waals surface area contributed by atoms with Crippen LogP contribution in [0.4, 0.5) is 0 Å². The van der Waals surface area contributed by atoms with Crippen molar-refractivity contribution in [2.45, 2.75) is 19.4 Å². The first-order valence-electron chi connectivity index (χ1n) is 8.50. The summed E-state index contributed by atoms with van der Waals surface area (Å²) in [6, 6.07) is 16.4. The zero-order chi connectivity index (χ0) is 18.8. The third-order valence-electron chi connectivity index (χ3n) is 3.82. The molecule has 2 amide bonds. The Kier molecular flexibility index (Phi) is 7.49. The van der Waals surface area contributed by atoms with E-state index in [2.05, 4.69) is 10.6 Å². The summed E-state index contributed by atoms with van der Waals surface area (Å²) in [4.78, 5) is 24.0. The maximum atomic E-state index is 12.2. The van der Waals surface area contributed by atoms with Crippen LogP contribution < -0.4 is 20.1 Å². The van der Waals surface area contributed by atoms with Gasteiger partial charge in [0, 0.05) is 5.56 Å². The number of para-hydroxylation sites is 2. The lowest BCUT2D eigenvalue weighted by molar-refractivity contribution is -0.127. The van der Waals surface area contributed by atoms with Gasteiger partial charge < -0.3 is 20.1 Å². The summed E-state index contributed by atoms with van der Waals surface area (Å²) in [7, 11) is 1.60. The van der Waals surface area contributed by atoms with Crippen molar-refractivity contribution < 1.29 is 19.1 Å². The third-order valence-corrected chi connectivity index (χ3v) is 3.82. The minimum absolute atomic E-state index is 0.108. The average Bonchev–Trinajstić information content (AvgIpc) is 2.69. The maximum Gasteiger partial charge on any atom is 0.258 e. The van der Waals surface area contributed by atoms with Gasteiger partial charge >= 0.3 is 0 Å². The van der Waals surface area contributed by atoms with Gasteiger partial charge in [0.2, 0.25) is 5.91 Å². The maximum absolute atomic E-state index is 12.2. The van der Waals surface area contributed by atoms with Crippen molar-refractivity contribution in [3.8, 4) is 11.5 Å². The molecule has 138 valence electrons. The Labute approximate surface area is 153 Å². The van der Waals surface area contributed by atoms with Gasteiger partial charge in [-0.2, -0.15) is 0 Å². The number of ether oxygens (including phenoxy) is 2. The fourth-order valence-corrected chi connectivity index (χ4v) is 2.49. The summed E-state index contributed by atoms with van der Waals surface area (Å²) >= 11 is 0. The summed E-state index contributed by atoms with van der Waals surface area (Å²) in [5, 5.41) is 5.47. The molecule has 0 aliphatic carbocycles. The number of hydrogen-bond acceptors (Lipinski definition) is 4. The van der Waals surface area contributed by atoms with Crippen molar-refractivity contribution in [2.75, 3.05) is 20.3 Å². The molecule has 0 fully saturated rings. The van der Waals surface area contributed by atoms with Crippen LogP contribution in [0.2, 0.25) is 0 Å². The molecular weight excluding hydrogens is 332 g/mol. The second-order valence-electron chi connectivity index (χ2n) is 5.65. The molecule has 0 saturated heterocycles. The molecule has 0 aromatic heterocycles. The first kappa shape index (κ1) is 19.3. The number of methoxy groups -OCH3 is 1. The van der Waals surface area contributed by atoms with Crippen molar-refractivity contribution in [1.29, 1.82) is 0 Å². The minimum atomic E-state index is -0.352. The van der Waals surface area contributed by atoms with Crippen LogP contribution in [0, 0.1) is 0 Å². The summed E-state index contributed by atoms with van der Waals surface area (Å²) in [6.07, 6.45) is 0.706. The van der Waals surface area contributed by atoms with Gasteiger partial charge in [-0.25, -0.2) is 0 Å². The second kappa shape index (κ2) is 10.1. The van der Waals surface area contributed by atoms with Gasteiger partial charge in [-0.15, -0.1) is 0 Å². The van der Waals surface area contributed by atoms with Gasteiger partial charge in [0.05, 0.1) is 19.7 Å². The highest BCUT2D eigenvalue weighted by molar-refractivity contribution is 5.85. The Morgan fingerprint density at radius 3 is 2.38 bits per heavy atom. The summed E-state index contributed by atoms with van der Waals surface area (Å²) in [6.45, 7) is 1.73. The smallest absolute Gasteiger partial charge is 0.258 e. The first-order valence-corrected chi connectivity index (χ1v) is 8.50. The summed E-state index contributed by atoms with van der Waals surface area (Å²) in [5.74, 6) is 0.708. The zero-order valence-corrected chi connectivity index (χ0v) is 15.0. The largest absolute Gasteiger partial charge is 0.496 e. The van der Waals surface area contributed by atoms with E-state index in [4.69, 9.17) is 9.47 Å². The molecule has 0 spiro atoms. The lowest BCUT2D eigenvalue weighted by Crippen LogP contribution is -2.40. The second-order valence-corrected chi connectivity index (χ2v) is 5.65. The fourth-order valence-electron chi connectivity index (χ4n) is 2.49. The van der Waals surface area contributed by atoms with E-state index in [9.17, 15) is 9.59 Å². The van der Waals surface area contributed by atoms with E-state index in [0.29, 0.717) is 12.2 Å². The molecule has 2 aromatic carbocycles. The number of carbonyl (C=O) groups excluding carboxylic acids is 2. The van der Waals surface area contributed by atoms with Crippen LogP contribution in [0.25, 0.3) is 0 Å². The Balaban J connectivity index is 1.80. The first-order chi connectivity index (χ1) is 12.6. The molecule has 1 unspecified atom stereocenters. The lowest BCUT2D eigenvalue weighted by atomic mass is 10.0. The standard InChI is InChI=1S/C20H24N2O4/c1-3-17(16-11-7-8-12-18(16)25-2)22-19(23)13-21-20(24)14-26-15-9-5-4-6-10-15/h4-12,17H,3,13-14H2,1-2H3,(H,21,24)(H,22,23). The molecule has 0 bridgehead atoms. The average molecular weight is 356 g/mol. The van der Waals surface area contributed by atoms with Crippen molar-refractivity contribution in [3.63, 3.8) is 0 Å². The molecule has 2 N–H and O–H groups in total. The normalized spacial score (nSPS) is 11.3. The van der Waals surface area contributed by atoms with Crippen LogP contribution in [0.15, 0.2) is 54.6 Å². The van der Waals surface area contributed by atoms with Crippen LogP contribution in [0.1, 0.15) is 24.9 Å². The van der Waals surface area contributed by atoms with E-state index in [0.717, 1.165) is 11.3 Å². The molecular formula is C20H24N2O4. The van der Waals surface area contributed by atoms with Crippen molar-refractivity contribution in [1.82, 2.24) is 10.6 Å². The molecule has 2 aromatic rings. The Morgan fingerprint density at radius 1 is 1.00 bits per heavy atom. The fraction of sp³-hybridized carbons (Fsp3) is 0.300. The van der Waals surface area contributed by atoms with Gasteiger partial charge in [-0.1, -0.05) is 43.3 Å². The van der Waals surface area contributed by atoms with Gasteiger partial charge in [0.25, 0.3) is 5.91 Å². The highest BCUT2D eigenvalue weighted by atomic mass is 16.5. The molecule has 0 heterocycles. The molecule has 0 aliphatic rings. The lowest BCUT2D eigenvalue weighted by Gasteiger charge is -2.20. The van der Waals surface area contributed by atoms with E-state index in [-0.39, 0.29) is 31.0 Å². The Morgan fingerprint density at radius 2 is 1.69 bits per heavy atom. The van der Waals surface area contributed by atoms with Crippen LogP contribution >= 0.6 is 0 Å². The van der Waals surface area contributed by atoms with Gasteiger partial charge in [0.15, 0.2) is 6.61 Å². The predicted octanol–water partition coefficient (Wildman–Crippen LogP) is 2.46. The van der Waals surface area contributed by atoms with Crippen LogP contribution in [0.3, 0.4) is 0 Å². The number of rotatable bonds is 9. The van der Waals surface area contributed by atoms with E-state index in [1.807, 2.05) is 49.4 Å². The number of benzene rings is 2. The summed E-state index contributed by atoms with van der Waals surface area (Å²) in [5.41, 5.74) is 0.907. The van der Waals surface area contributed by atoms with Crippen molar-refractivity contribution in [2.24, 2.45) is 0 Å². The highest BCUT2D eigenvalue weighted by Crippen LogP contribution is 2.26. The Hall–Kier alpha value is -3.02. The quantitative estimate of drug-likeness (QED) is 0.724. The Bertz CT molecular complexity index is 719. The monoisotopic (exact) mass is 356 g/mol. The van der Waals surface area contributed by atoms with Crippen LogP contribution in [-0.2, 0) is 9.59 Å². The summed E-state index contributed by atoms with van der Waals surface area (Å²) < 4.78 is 10.7. The van der Waals surface area contributed by atoms with Crippen LogP contribution in [0.5, 0.6) is 11.5 Å². The zero-order valence-electron chi connectivity index (χ0n) is 15.0. The predicted molar refractivity (Wildman–Crippen MR) is 99.1 cm³/mol. The minimum Gasteiger partial charge on any atom is -0.496 e. The molecule has 6 nitrogen and oxygen atoms in total. The van der Waals surface area contributed by atoms with Gasteiger partial charge in [-0.05, 0) is 24.6 Å². The third kappa shape index (κ3) is 5.81. The number of carbonyl (C=O) groups is 2. The molecule has 0 saturated carbocycles. The molecule has 0 aliphatic heterocycles. The number of hydrogen-bond donors (Lipinski definition) is 2. The molecule has 6 heteroatoms. The van der Waals surface area contributed by atoms with Gasteiger partial charge in [-0.3, -0.25) is 9.59 Å². The van der Waals surface area contributed by atoms with E-state index in [1.54, 1.807) is 19.2 Å². The van der Waals surface area contributed by atoms with E-state index < -0.39 is 0 Å². The molecule has 2 rings (SSSR count). The van der Waals surface area contributed by atoms with E-state index >= 15 is 0 Å². The molecule has 0 radical (unpaired) electrons. The van der Waals surface area contributed by atoms with Crippen LogP contribution in [-0.4, -0.2) is 32.1 Å². The highest BCUT2D eigenvalue weighted by Gasteiger charge is 2.16. The topological polar surface area (TPSA) is 76.7 Å². The van der Waals surface area contributed by atoms with Gasteiger partial charge in [0.1, 0.15) is 11.5 Å². The van der Waals surface area contributed by atoms with Crippen molar-refractivity contribution >= 4 is 11.8 Å². The molecule has 26 heavy (non-hydrogen) atoms.